The monoisotopic (exact) mass is 464 g/mol. The van der Waals surface area contributed by atoms with Crippen molar-refractivity contribution in [2.75, 3.05) is 31.2 Å². The summed E-state index contributed by atoms with van der Waals surface area (Å²) in [5.74, 6) is 0. The van der Waals surface area contributed by atoms with E-state index >= 15 is 0 Å². The molecule has 7 nitrogen and oxygen atoms in total. The average Bonchev–Trinajstić information content (AvgIpc) is 2.91. The van der Waals surface area contributed by atoms with Gasteiger partial charge in [-0.2, -0.15) is 10.2 Å². The number of para-hydroxylation sites is 3. The zero-order valence-electron chi connectivity index (χ0n) is 19.2. The Morgan fingerprint density at radius 2 is 1.29 bits per heavy atom. The molecule has 0 amide bonds. The number of aliphatic hydroxyl groups is 2. The molecule has 4 aromatic carbocycles. The fraction of sp³-hybridized carbons (Fsp3) is 0.143. The molecule has 0 spiro atoms. The van der Waals surface area contributed by atoms with E-state index in [1.807, 2.05) is 83.8 Å². The first-order chi connectivity index (χ1) is 17.3. The van der Waals surface area contributed by atoms with Crippen LogP contribution in [0, 0.1) is 0 Å². The van der Waals surface area contributed by atoms with Gasteiger partial charge in [0.05, 0.1) is 24.6 Å². The highest BCUT2D eigenvalue weighted by atomic mass is 16.3. The number of anilines is 1. The van der Waals surface area contributed by atoms with Crippen LogP contribution in [0.4, 0.5) is 17.1 Å². The fourth-order valence-corrected chi connectivity index (χ4v) is 4.17. The van der Waals surface area contributed by atoms with Crippen LogP contribution >= 0.6 is 0 Å². The molecule has 0 aliphatic rings. The van der Waals surface area contributed by atoms with Crippen LogP contribution in [0.15, 0.2) is 107 Å². The lowest BCUT2D eigenvalue weighted by atomic mass is 10.2. The van der Waals surface area contributed by atoms with Gasteiger partial charge in [-0.25, -0.2) is 4.98 Å². The first-order valence-corrected chi connectivity index (χ1v) is 11.6. The molecule has 1 aromatic heterocycles. The largest absolute Gasteiger partial charge is 0.395 e. The van der Waals surface area contributed by atoms with Crippen LogP contribution in [0.2, 0.25) is 0 Å². The van der Waals surface area contributed by atoms with E-state index in [2.05, 4.69) is 33.0 Å². The number of aromatic nitrogens is 2. The first kappa shape index (κ1) is 22.6. The summed E-state index contributed by atoms with van der Waals surface area (Å²) in [6.45, 7) is 0.971. The number of fused-ring (bicyclic) bond motifs is 2. The second-order valence-corrected chi connectivity index (χ2v) is 8.10. The summed E-state index contributed by atoms with van der Waals surface area (Å²) in [5.41, 5.74) is 7.19. The van der Waals surface area contributed by atoms with E-state index in [1.54, 1.807) is 0 Å². The van der Waals surface area contributed by atoms with E-state index in [4.69, 9.17) is 4.98 Å². The van der Waals surface area contributed by atoms with Crippen molar-refractivity contribution in [3.8, 4) is 5.69 Å². The fourth-order valence-electron chi connectivity index (χ4n) is 4.17. The molecule has 2 N–H and O–H groups in total. The Morgan fingerprint density at radius 1 is 0.657 bits per heavy atom. The lowest BCUT2D eigenvalue weighted by molar-refractivity contribution is -0.538. The van der Waals surface area contributed by atoms with Gasteiger partial charge in [-0.3, -0.25) is 0 Å². The second-order valence-electron chi connectivity index (χ2n) is 8.10. The number of benzene rings is 4. The van der Waals surface area contributed by atoms with Crippen LogP contribution in [0.5, 0.6) is 0 Å². The van der Waals surface area contributed by atoms with Gasteiger partial charge in [-0.05, 0) is 42.5 Å². The van der Waals surface area contributed by atoms with Gasteiger partial charge in [-0.1, -0.05) is 30.3 Å². The summed E-state index contributed by atoms with van der Waals surface area (Å²) in [4.78, 5) is 6.77. The quantitative estimate of drug-likeness (QED) is 0.195. The van der Waals surface area contributed by atoms with Crippen LogP contribution in [-0.2, 0) is 0 Å². The molecule has 0 atom stereocenters. The molecule has 5 rings (SSSR count). The molecule has 0 bridgehead atoms. The van der Waals surface area contributed by atoms with Crippen molar-refractivity contribution in [3.63, 3.8) is 0 Å². The molecular weight excluding hydrogens is 438 g/mol. The van der Waals surface area contributed by atoms with E-state index in [9.17, 15) is 10.2 Å². The maximum Gasteiger partial charge on any atom is 0.239 e. The van der Waals surface area contributed by atoms with Crippen molar-refractivity contribution in [1.29, 1.82) is 0 Å². The van der Waals surface area contributed by atoms with Gasteiger partial charge < -0.3 is 15.1 Å². The maximum atomic E-state index is 9.25. The van der Waals surface area contributed by atoms with Crippen molar-refractivity contribution in [2.45, 2.75) is 0 Å². The average molecular weight is 465 g/mol. The van der Waals surface area contributed by atoms with Crippen LogP contribution in [0.1, 0.15) is 0 Å². The molecule has 5 aromatic rings. The zero-order chi connectivity index (χ0) is 24.0. The lowest BCUT2D eigenvalue weighted by Crippen LogP contribution is -2.33. The predicted molar refractivity (Wildman–Crippen MR) is 138 cm³/mol. The number of nitrogens with zero attached hydrogens (tertiary/aromatic N) is 5. The van der Waals surface area contributed by atoms with Crippen molar-refractivity contribution >= 4 is 39.1 Å². The van der Waals surface area contributed by atoms with Gasteiger partial charge in [0.1, 0.15) is 11.0 Å². The summed E-state index contributed by atoms with van der Waals surface area (Å²) in [7, 11) is 0. The van der Waals surface area contributed by atoms with Crippen molar-refractivity contribution in [1.82, 2.24) is 4.98 Å². The van der Waals surface area contributed by atoms with E-state index in [1.165, 1.54) is 0 Å². The lowest BCUT2D eigenvalue weighted by Gasteiger charge is -2.22. The highest BCUT2D eigenvalue weighted by molar-refractivity contribution is 5.83. The SMILES string of the molecule is OCCN(CCO)c1ccc(N=Nc2ccc3nc4ccccc4[n+](-c4ccccc4)c3c2)cc1. The minimum absolute atomic E-state index is 0.0244. The molecule has 0 unspecified atom stereocenters. The summed E-state index contributed by atoms with van der Waals surface area (Å²) >= 11 is 0. The van der Waals surface area contributed by atoms with Gasteiger partial charge in [0.2, 0.25) is 16.7 Å². The van der Waals surface area contributed by atoms with E-state index < -0.39 is 0 Å². The molecular formula is C28H26N5O2+. The Labute approximate surface area is 203 Å². The number of aliphatic hydroxyl groups excluding tert-OH is 2. The Hall–Kier alpha value is -4.20. The van der Waals surface area contributed by atoms with Crippen molar-refractivity contribution in [3.05, 3.63) is 97.1 Å². The standard InChI is InChI=1S/C28H26N5O2/c34-18-16-32(17-19-35)23-13-10-21(11-14-23)30-31-22-12-15-26-28(20-22)33(24-6-2-1-3-7-24)27-9-5-4-8-25(27)29-26/h1-15,20,34-35H,16-19H2/q+1. The van der Waals surface area contributed by atoms with E-state index in [-0.39, 0.29) is 13.2 Å². The third-order valence-electron chi connectivity index (χ3n) is 5.81. The minimum atomic E-state index is 0.0244. The Bertz CT molecular complexity index is 1460. The van der Waals surface area contributed by atoms with Gasteiger partial charge in [0, 0.05) is 43.0 Å². The van der Waals surface area contributed by atoms with E-state index in [0.29, 0.717) is 13.1 Å². The van der Waals surface area contributed by atoms with Crippen molar-refractivity contribution in [2.24, 2.45) is 10.2 Å². The molecule has 0 radical (unpaired) electrons. The summed E-state index contributed by atoms with van der Waals surface area (Å²) < 4.78 is 2.20. The first-order valence-electron chi connectivity index (χ1n) is 11.6. The Kier molecular flexibility index (Phi) is 6.70. The molecule has 0 saturated carbocycles. The molecule has 0 aliphatic carbocycles. The van der Waals surface area contributed by atoms with Gasteiger partial charge in [0.25, 0.3) is 0 Å². The highest BCUT2D eigenvalue weighted by Gasteiger charge is 2.19. The molecule has 35 heavy (non-hydrogen) atoms. The number of rotatable bonds is 8. The molecule has 7 heteroatoms. The number of hydrogen-bond donors (Lipinski definition) is 2. The zero-order valence-corrected chi connectivity index (χ0v) is 19.2. The molecule has 0 saturated heterocycles. The molecule has 1 heterocycles. The van der Waals surface area contributed by atoms with E-state index in [0.717, 1.165) is 44.8 Å². The molecule has 174 valence electrons. The third kappa shape index (κ3) is 4.87. The normalized spacial score (nSPS) is 11.5. The predicted octanol–water partition coefficient (Wildman–Crippen LogP) is 4.87. The summed E-state index contributed by atoms with van der Waals surface area (Å²) in [6, 6.07) is 31.8. The maximum absolute atomic E-state index is 9.25. The molecule has 0 aliphatic heterocycles. The van der Waals surface area contributed by atoms with Gasteiger partial charge in [-0.15, -0.1) is 4.57 Å². The number of azo groups is 1. The molecule has 0 fully saturated rings. The summed E-state index contributed by atoms with van der Waals surface area (Å²) in [5, 5.41) is 27.4. The third-order valence-corrected chi connectivity index (χ3v) is 5.81. The summed E-state index contributed by atoms with van der Waals surface area (Å²) in [6.07, 6.45) is 0. The van der Waals surface area contributed by atoms with Gasteiger partial charge >= 0.3 is 0 Å². The van der Waals surface area contributed by atoms with Crippen LogP contribution in [-0.4, -0.2) is 41.5 Å². The van der Waals surface area contributed by atoms with Crippen LogP contribution < -0.4 is 9.47 Å². The van der Waals surface area contributed by atoms with Crippen LogP contribution in [0.25, 0.3) is 27.8 Å². The minimum Gasteiger partial charge on any atom is -0.395 e. The Balaban J connectivity index is 1.51. The number of hydrogen-bond acceptors (Lipinski definition) is 6. The Morgan fingerprint density at radius 3 is 2.03 bits per heavy atom. The second kappa shape index (κ2) is 10.4. The van der Waals surface area contributed by atoms with Crippen molar-refractivity contribution < 1.29 is 14.8 Å². The smallest absolute Gasteiger partial charge is 0.239 e. The van der Waals surface area contributed by atoms with Crippen LogP contribution in [0.3, 0.4) is 0 Å². The van der Waals surface area contributed by atoms with Gasteiger partial charge in [0.15, 0.2) is 0 Å². The highest BCUT2D eigenvalue weighted by Crippen LogP contribution is 2.25. The topological polar surface area (TPSA) is 85.2 Å².